The molecule has 6 nitrogen and oxygen atoms in total. The highest BCUT2D eigenvalue weighted by molar-refractivity contribution is 6.06. The fraction of sp³-hybridized carbons (Fsp3) is 0.200. The molecule has 1 heterocycles. The van der Waals surface area contributed by atoms with Gasteiger partial charge in [-0.2, -0.15) is 5.10 Å². The Balaban J connectivity index is 1.68. The Kier molecular flexibility index (Phi) is 6.60. The third-order valence-corrected chi connectivity index (χ3v) is 4.80. The average Bonchev–Trinajstić information content (AvgIpc) is 2.77. The molecule has 0 aliphatic carbocycles. The number of nitrogens with zero attached hydrogens (tertiary/aromatic N) is 2. The first-order valence-corrected chi connectivity index (χ1v) is 10.0. The van der Waals surface area contributed by atoms with Crippen molar-refractivity contribution in [3.63, 3.8) is 0 Å². The van der Waals surface area contributed by atoms with Crippen LogP contribution in [0.15, 0.2) is 78.2 Å². The summed E-state index contributed by atoms with van der Waals surface area (Å²) >= 11 is 0. The van der Waals surface area contributed by atoms with Crippen LogP contribution in [0, 0.1) is 0 Å². The van der Waals surface area contributed by atoms with Crippen molar-refractivity contribution in [2.75, 3.05) is 5.32 Å². The SMILES string of the molecule is CC(=NNC(=O)c1cccnc1)c1cccc(NC(=O)c2ccc(C(C)(C)C)cc2)c1. The number of carbonyl (C=O) groups excluding carboxylic acids is 2. The molecule has 0 fully saturated rings. The van der Waals surface area contributed by atoms with Crippen LogP contribution < -0.4 is 10.7 Å². The van der Waals surface area contributed by atoms with Gasteiger partial charge in [0.1, 0.15) is 0 Å². The van der Waals surface area contributed by atoms with Gasteiger partial charge >= 0.3 is 0 Å². The van der Waals surface area contributed by atoms with E-state index in [-0.39, 0.29) is 17.2 Å². The van der Waals surface area contributed by atoms with E-state index in [2.05, 4.69) is 41.6 Å². The molecule has 0 unspecified atom stereocenters. The lowest BCUT2D eigenvalue weighted by Gasteiger charge is -2.19. The van der Waals surface area contributed by atoms with Crippen molar-refractivity contribution in [3.8, 4) is 0 Å². The zero-order valence-electron chi connectivity index (χ0n) is 18.1. The smallest absolute Gasteiger partial charge is 0.272 e. The van der Waals surface area contributed by atoms with E-state index in [0.29, 0.717) is 22.5 Å². The Morgan fingerprint density at radius 2 is 1.58 bits per heavy atom. The Morgan fingerprint density at radius 3 is 2.23 bits per heavy atom. The highest BCUT2D eigenvalue weighted by Crippen LogP contribution is 2.22. The highest BCUT2D eigenvalue weighted by Gasteiger charge is 2.14. The van der Waals surface area contributed by atoms with Gasteiger partial charge in [-0.25, -0.2) is 5.43 Å². The van der Waals surface area contributed by atoms with Crippen LogP contribution in [0.4, 0.5) is 5.69 Å². The normalized spacial score (nSPS) is 11.7. The van der Waals surface area contributed by atoms with Gasteiger partial charge in [0.25, 0.3) is 11.8 Å². The second-order valence-electron chi connectivity index (χ2n) is 8.24. The van der Waals surface area contributed by atoms with Gasteiger partial charge in [0.05, 0.1) is 11.3 Å². The Morgan fingerprint density at radius 1 is 0.871 bits per heavy atom. The molecule has 158 valence electrons. The number of nitrogens with one attached hydrogen (secondary N) is 2. The lowest BCUT2D eigenvalue weighted by Crippen LogP contribution is -2.19. The molecule has 0 radical (unpaired) electrons. The lowest BCUT2D eigenvalue weighted by molar-refractivity contribution is 0.0953. The van der Waals surface area contributed by atoms with Crippen molar-refractivity contribution in [1.82, 2.24) is 10.4 Å². The predicted octanol–water partition coefficient (Wildman–Crippen LogP) is 4.79. The molecule has 3 aromatic rings. The largest absolute Gasteiger partial charge is 0.322 e. The molecule has 1 aromatic heterocycles. The van der Waals surface area contributed by atoms with Crippen molar-refractivity contribution in [2.45, 2.75) is 33.1 Å². The topological polar surface area (TPSA) is 83.4 Å². The number of amides is 2. The van der Waals surface area contributed by atoms with Gasteiger partial charge in [-0.1, -0.05) is 45.0 Å². The molecule has 3 rings (SSSR count). The maximum atomic E-state index is 12.6. The van der Waals surface area contributed by atoms with E-state index in [1.54, 1.807) is 25.3 Å². The second-order valence-corrected chi connectivity index (χ2v) is 8.24. The molecular weight excluding hydrogens is 388 g/mol. The first kappa shape index (κ1) is 21.9. The number of aromatic nitrogens is 1. The van der Waals surface area contributed by atoms with Gasteiger partial charge in [0.2, 0.25) is 0 Å². The Labute approximate surface area is 182 Å². The summed E-state index contributed by atoms with van der Waals surface area (Å²) in [4.78, 5) is 28.7. The van der Waals surface area contributed by atoms with Crippen LogP contribution in [-0.4, -0.2) is 22.5 Å². The second kappa shape index (κ2) is 9.34. The van der Waals surface area contributed by atoms with Crippen molar-refractivity contribution < 1.29 is 9.59 Å². The summed E-state index contributed by atoms with van der Waals surface area (Å²) in [5, 5.41) is 7.07. The molecule has 2 N–H and O–H groups in total. The molecule has 0 bridgehead atoms. The number of benzene rings is 2. The first-order valence-electron chi connectivity index (χ1n) is 10.0. The maximum Gasteiger partial charge on any atom is 0.272 e. The van der Waals surface area contributed by atoms with Crippen LogP contribution in [-0.2, 0) is 5.41 Å². The van der Waals surface area contributed by atoms with Crippen molar-refractivity contribution in [2.24, 2.45) is 5.10 Å². The first-order chi connectivity index (χ1) is 14.7. The van der Waals surface area contributed by atoms with E-state index in [0.717, 1.165) is 5.56 Å². The third kappa shape index (κ3) is 5.85. The molecule has 31 heavy (non-hydrogen) atoms. The van der Waals surface area contributed by atoms with Gasteiger partial charge in [0, 0.05) is 23.6 Å². The zero-order chi connectivity index (χ0) is 22.4. The number of hydrazone groups is 1. The Bertz CT molecular complexity index is 1100. The standard InChI is InChI=1S/C25H26N4O2/c1-17(28-29-24(31)20-8-6-14-26-16-20)19-7-5-9-22(15-19)27-23(30)18-10-12-21(13-11-18)25(2,3)4/h5-16H,1-4H3,(H,27,30)(H,29,31). The third-order valence-electron chi connectivity index (χ3n) is 4.80. The van der Waals surface area contributed by atoms with Crippen LogP contribution in [0.2, 0.25) is 0 Å². The summed E-state index contributed by atoms with van der Waals surface area (Å²) in [6.45, 7) is 8.19. The minimum atomic E-state index is -0.337. The van der Waals surface area contributed by atoms with Crippen LogP contribution >= 0.6 is 0 Å². The predicted molar refractivity (Wildman–Crippen MR) is 123 cm³/mol. The van der Waals surface area contributed by atoms with Gasteiger partial charge in [-0.3, -0.25) is 14.6 Å². The van der Waals surface area contributed by atoms with E-state index in [9.17, 15) is 9.59 Å². The van der Waals surface area contributed by atoms with E-state index < -0.39 is 0 Å². The molecule has 2 aromatic carbocycles. The fourth-order valence-corrected chi connectivity index (χ4v) is 2.91. The van der Waals surface area contributed by atoms with E-state index in [1.165, 1.54) is 11.8 Å². The highest BCUT2D eigenvalue weighted by atomic mass is 16.2. The van der Waals surface area contributed by atoms with Crippen molar-refractivity contribution >= 4 is 23.2 Å². The monoisotopic (exact) mass is 414 g/mol. The summed E-state index contributed by atoms with van der Waals surface area (Å²) in [7, 11) is 0. The number of pyridine rings is 1. The molecule has 0 aliphatic heterocycles. The molecule has 0 spiro atoms. The van der Waals surface area contributed by atoms with Crippen LogP contribution in [0.5, 0.6) is 0 Å². The van der Waals surface area contributed by atoms with Crippen LogP contribution in [0.25, 0.3) is 0 Å². The minimum absolute atomic E-state index is 0.0344. The summed E-state index contributed by atoms with van der Waals surface area (Å²) in [6.07, 6.45) is 3.08. The quantitative estimate of drug-likeness (QED) is 0.465. The average molecular weight is 415 g/mol. The number of carbonyl (C=O) groups is 2. The van der Waals surface area contributed by atoms with E-state index in [1.807, 2.05) is 48.5 Å². The summed E-state index contributed by atoms with van der Waals surface area (Å²) in [6, 6.07) is 18.3. The van der Waals surface area contributed by atoms with Crippen LogP contribution in [0.3, 0.4) is 0 Å². The van der Waals surface area contributed by atoms with E-state index >= 15 is 0 Å². The number of hydrogen-bond donors (Lipinski definition) is 2. The summed E-state index contributed by atoms with van der Waals surface area (Å²) < 4.78 is 0. The van der Waals surface area contributed by atoms with Gasteiger partial charge in [-0.05, 0) is 59.9 Å². The van der Waals surface area contributed by atoms with Crippen LogP contribution in [0.1, 0.15) is 59.5 Å². The zero-order valence-corrected chi connectivity index (χ0v) is 18.1. The number of rotatable bonds is 5. The molecule has 0 saturated heterocycles. The fourth-order valence-electron chi connectivity index (χ4n) is 2.91. The summed E-state index contributed by atoms with van der Waals surface area (Å²) in [5.74, 6) is -0.521. The lowest BCUT2D eigenvalue weighted by atomic mass is 9.87. The summed E-state index contributed by atoms with van der Waals surface area (Å²) in [5.41, 5.74) is 6.79. The molecule has 6 heteroatoms. The number of anilines is 1. The molecule has 0 aliphatic rings. The molecule has 0 atom stereocenters. The minimum Gasteiger partial charge on any atom is -0.322 e. The van der Waals surface area contributed by atoms with Gasteiger partial charge in [-0.15, -0.1) is 0 Å². The van der Waals surface area contributed by atoms with E-state index in [4.69, 9.17) is 0 Å². The maximum absolute atomic E-state index is 12.6. The van der Waals surface area contributed by atoms with Gasteiger partial charge in [0.15, 0.2) is 0 Å². The number of hydrogen-bond acceptors (Lipinski definition) is 4. The molecule has 2 amide bonds. The molecule has 0 saturated carbocycles. The van der Waals surface area contributed by atoms with Crippen molar-refractivity contribution in [3.05, 3.63) is 95.3 Å². The van der Waals surface area contributed by atoms with Crippen molar-refractivity contribution in [1.29, 1.82) is 0 Å². The van der Waals surface area contributed by atoms with Gasteiger partial charge < -0.3 is 5.32 Å². The Hall–Kier alpha value is -3.80. The molecular formula is C25H26N4O2.